The van der Waals surface area contributed by atoms with E-state index in [9.17, 15) is 13.2 Å². The number of nitrogens with two attached hydrogens (primary N) is 1. The van der Waals surface area contributed by atoms with Crippen molar-refractivity contribution in [3.05, 3.63) is 84.4 Å². The van der Waals surface area contributed by atoms with Gasteiger partial charge in [-0.05, 0) is 47.5 Å². The lowest BCUT2D eigenvalue weighted by Crippen LogP contribution is -2.41. The Morgan fingerprint density at radius 1 is 0.769 bits per heavy atom. The third kappa shape index (κ3) is 4.08. The number of sulfonamides is 1. The van der Waals surface area contributed by atoms with Gasteiger partial charge in [0.05, 0.1) is 4.90 Å². The molecule has 0 aliphatic carbocycles. The van der Waals surface area contributed by atoms with Gasteiger partial charge in [0.1, 0.15) is 0 Å². The molecule has 3 aromatic rings. The monoisotopic (exact) mass is 367 g/mol. The summed E-state index contributed by atoms with van der Waals surface area (Å²) >= 11 is 0. The van der Waals surface area contributed by atoms with Crippen molar-refractivity contribution in [1.29, 1.82) is 0 Å². The van der Waals surface area contributed by atoms with E-state index in [4.69, 9.17) is 5.73 Å². The van der Waals surface area contributed by atoms with Crippen LogP contribution in [0.2, 0.25) is 0 Å². The SMILES string of the molecule is Nc1ccc(S(=O)(=O)NNC(=O)c2ccc(-c3ccccc3)cc2)cc1. The molecule has 0 saturated carbocycles. The van der Waals surface area contributed by atoms with E-state index in [1.165, 1.54) is 24.3 Å². The average molecular weight is 367 g/mol. The molecule has 132 valence electrons. The summed E-state index contributed by atoms with van der Waals surface area (Å²) in [6.45, 7) is 0. The number of anilines is 1. The van der Waals surface area contributed by atoms with Gasteiger partial charge in [-0.2, -0.15) is 0 Å². The first-order valence-electron chi connectivity index (χ1n) is 7.79. The molecule has 1 amide bonds. The lowest BCUT2D eigenvalue weighted by Gasteiger charge is -2.09. The molecule has 26 heavy (non-hydrogen) atoms. The van der Waals surface area contributed by atoms with Gasteiger partial charge in [-0.25, -0.2) is 8.42 Å². The van der Waals surface area contributed by atoms with Crippen molar-refractivity contribution in [3.8, 4) is 11.1 Å². The highest BCUT2D eigenvalue weighted by molar-refractivity contribution is 7.89. The number of hydrazine groups is 1. The van der Waals surface area contributed by atoms with Crippen LogP contribution in [0.1, 0.15) is 10.4 Å². The number of amides is 1. The summed E-state index contributed by atoms with van der Waals surface area (Å²) in [7, 11) is -3.87. The smallest absolute Gasteiger partial charge is 0.266 e. The van der Waals surface area contributed by atoms with Crippen LogP contribution in [0.5, 0.6) is 0 Å². The molecular weight excluding hydrogens is 350 g/mol. The van der Waals surface area contributed by atoms with Crippen LogP contribution in [-0.2, 0) is 10.0 Å². The summed E-state index contributed by atoms with van der Waals surface area (Å²) in [5, 5.41) is 0. The van der Waals surface area contributed by atoms with Crippen molar-refractivity contribution in [3.63, 3.8) is 0 Å². The Morgan fingerprint density at radius 2 is 1.35 bits per heavy atom. The molecule has 0 aliphatic rings. The fraction of sp³-hybridized carbons (Fsp3) is 0. The predicted molar refractivity (Wildman–Crippen MR) is 101 cm³/mol. The topological polar surface area (TPSA) is 101 Å². The number of benzene rings is 3. The van der Waals surface area contributed by atoms with E-state index in [0.717, 1.165) is 11.1 Å². The van der Waals surface area contributed by atoms with Crippen molar-refractivity contribution in [2.45, 2.75) is 4.90 Å². The number of hydrogen-bond acceptors (Lipinski definition) is 4. The molecule has 0 aromatic heterocycles. The van der Waals surface area contributed by atoms with Crippen molar-refractivity contribution in [1.82, 2.24) is 10.3 Å². The molecule has 3 aromatic carbocycles. The minimum atomic E-state index is -3.87. The summed E-state index contributed by atoms with van der Waals surface area (Å²) in [5.41, 5.74) is 10.5. The molecule has 0 bridgehead atoms. The van der Waals surface area contributed by atoms with Crippen LogP contribution in [0.25, 0.3) is 11.1 Å². The molecule has 0 heterocycles. The second-order valence-electron chi connectivity index (χ2n) is 5.57. The normalized spacial score (nSPS) is 11.1. The van der Waals surface area contributed by atoms with E-state index in [1.807, 2.05) is 30.3 Å². The Morgan fingerprint density at radius 3 is 1.96 bits per heavy atom. The van der Waals surface area contributed by atoms with E-state index in [1.54, 1.807) is 24.3 Å². The summed E-state index contributed by atoms with van der Waals surface area (Å²) in [6, 6.07) is 22.3. The second-order valence-corrected chi connectivity index (χ2v) is 7.25. The number of nitrogen functional groups attached to an aromatic ring is 1. The quantitative estimate of drug-likeness (QED) is 0.476. The Balaban J connectivity index is 1.67. The van der Waals surface area contributed by atoms with Crippen LogP contribution in [0, 0.1) is 0 Å². The zero-order chi connectivity index (χ0) is 18.6. The van der Waals surface area contributed by atoms with Crippen molar-refractivity contribution < 1.29 is 13.2 Å². The number of carbonyl (C=O) groups excluding carboxylic acids is 1. The molecule has 0 aliphatic heterocycles. The number of rotatable bonds is 5. The van der Waals surface area contributed by atoms with Crippen molar-refractivity contribution >= 4 is 21.6 Å². The van der Waals surface area contributed by atoms with Crippen LogP contribution in [-0.4, -0.2) is 14.3 Å². The maximum absolute atomic E-state index is 12.2. The van der Waals surface area contributed by atoms with Gasteiger partial charge >= 0.3 is 0 Å². The second kappa shape index (κ2) is 7.38. The maximum atomic E-state index is 12.2. The Kier molecular flexibility index (Phi) is 5.01. The summed E-state index contributed by atoms with van der Waals surface area (Å²) < 4.78 is 24.3. The number of carbonyl (C=O) groups is 1. The third-order valence-electron chi connectivity index (χ3n) is 3.74. The van der Waals surface area contributed by atoms with E-state index in [2.05, 4.69) is 10.3 Å². The molecule has 0 unspecified atom stereocenters. The lowest BCUT2D eigenvalue weighted by atomic mass is 10.0. The number of nitrogens with one attached hydrogen (secondary N) is 2. The predicted octanol–water partition coefficient (Wildman–Crippen LogP) is 2.56. The lowest BCUT2D eigenvalue weighted by molar-refractivity contribution is 0.0945. The van der Waals surface area contributed by atoms with Gasteiger partial charge in [0, 0.05) is 11.3 Å². The summed E-state index contributed by atoms with van der Waals surface area (Å²) in [6.07, 6.45) is 0. The van der Waals surface area contributed by atoms with Crippen molar-refractivity contribution in [2.24, 2.45) is 0 Å². The van der Waals surface area contributed by atoms with Crippen LogP contribution in [0.15, 0.2) is 83.8 Å². The standard InChI is InChI=1S/C19H17N3O3S/c20-17-10-12-18(13-11-17)26(24,25)22-21-19(23)16-8-6-15(7-9-16)14-4-2-1-3-5-14/h1-13,22H,20H2,(H,21,23). The van der Waals surface area contributed by atoms with Gasteiger partial charge in [0.2, 0.25) is 0 Å². The third-order valence-corrected chi connectivity index (χ3v) is 5.01. The first kappa shape index (κ1) is 17.7. The summed E-state index contributed by atoms with van der Waals surface area (Å²) in [5.74, 6) is -0.552. The van der Waals surface area contributed by atoms with Crippen molar-refractivity contribution in [2.75, 3.05) is 5.73 Å². The largest absolute Gasteiger partial charge is 0.399 e. The van der Waals surface area contributed by atoms with Gasteiger partial charge < -0.3 is 5.73 Å². The highest BCUT2D eigenvalue weighted by Gasteiger charge is 2.15. The minimum absolute atomic E-state index is 0.00595. The first-order chi connectivity index (χ1) is 12.5. The Bertz CT molecular complexity index is 1000. The molecule has 3 rings (SSSR count). The molecule has 0 spiro atoms. The van der Waals surface area contributed by atoms with Crippen LogP contribution in [0.3, 0.4) is 0 Å². The molecule has 7 heteroatoms. The highest BCUT2D eigenvalue weighted by Crippen LogP contribution is 2.19. The fourth-order valence-electron chi connectivity index (χ4n) is 2.34. The molecule has 6 nitrogen and oxygen atoms in total. The molecular formula is C19H17N3O3S. The molecule has 0 radical (unpaired) electrons. The molecule has 0 saturated heterocycles. The van der Waals surface area contributed by atoms with Gasteiger partial charge in [-0.1, -0.05) is 42.5 Å². The van der Waals surface area contributed by atoms with Crippen LogP contribution >= 0.6 is 0 Å². The molecule has 4 N–H and O–H groups in total. The van der Waals surface area contributed by atoms with E-state index >= 15 is 0 Å². The maximum Gasteiger partial charge on any atom is 0.266 e. The number of hydrogen-bond donors (Lipinski definition) is 3. The molecule has 0 atom stereocenters. The first-order valence-corrected chi connectivity index (χ1v) is 9.27. The zero-order valence-corrected chi connectivity index (χ0v) is 14.5. The Labute approximate surface area is 151 Å². The zero-order valence-electron chi connectivity index (χ0n) is 13.7. The van der Waals surface area contributed by atoms with E-state index in [0.29, 0.717) is 11.3 Å². The fourth-order valence-corrected chi connectivity index (χ4v) is 3.18. The van der Waals surface area contributed by atoms with Gasteiger partial charge in [-0.3, -0.25) is 10.2 Å². The Hall–Kier alpha value is -3.16. The van der Waals surface area contributed by atoms with Crippen LogP contribution in [0.4, 0.5) is 5.69 Å². The van der Waals surface area contributed by atoms with E-state index < -0.39 is 15.9 Å². The van der Waals surface area contributed by atoms with Crippen LogP contribution < -0.4 is 16.0 Å². The molecule has 0 fully saturated rings. The van der Waals surface area contributed by atoms with E-state index in [-0.39, 0.29) is 4.90 Å². The van der Waals surface area contributed by atoms with Gasteiger partial charge in [-0.15, -0.1) is 4.83 Å². The highest BCUT2D eigenvalue weighted by atomic mass is 32.2. The minimum Gasteiger partial charge on any atom is -0.399 e. The summed E-state index contributed by atoms with van der Waals surface area (Å²) in [4.78, 5) is 14.2. The van der Waals surface area contributed by atoms with Gasteiger partial charge in [0.15, 0.2) is 0 Å². The van der Waals surface area contributed by atoms with Gasteiger partial charge in [0.25, 0.3) is 15.9 Å². The average Bonchev–Trinajstić information content (AvgIpc) is 2.67.